The summed E-state index contributed by atoms with van der Waals surface area (Å²) < 4.78 is 0. The molecule has 1 amide bonds. The second kappa shape index (κ2) is 4.93. The van der Waals surface area contributed by atoms with Crippen molar-refractivity contribution in [3.8, 4) is 0 Å². The third kappa shape index (κ3) is 2.93. The number of carbonyl (C=O) groups is 3. The predicted octanol–water partition coefficient (Wildman–Crippen LogP) is -0.306. The highest BCUT2D eigenvalue weighted by Gasteiger charge is 2.50. The monoisotopic (exact) mass is 231 g/mol. The lowest BCUT2D eigenvalue weighted by Gasteiger charge is -2.10. The zero-order chi connectivity index (χ0) is 12.3. The van der Waals surface area contributed by atoms with Crippen LogP contribution in [0.5, 0.6) is 0 Å². The third-order valence-electron chi connectivity index (χ3n) is 2.80. The van der Waals surface area contributed by atoms with Crippen LogP contribution in [-0.4, -0.2) is 33.3 Å². The van der Waals surface area contributed by atoms with Crippen molar-refractivity contribution in [3.05, 3.63) is 0 Å². The van der Waals surface area contributed by atoms with Crippen LogP contribution in [0, 0.1) is 17.8 Å². The van der Waals surface area contributed by atoms with Gasteiger partial charge in [0.05, 0.1) is 11.8 Å². The van der Waals surface area contributed by atoms with Crippen LogP contribution in [0.25, 0.3) is 0 Å². The summed E-state index contributed by atoms with van der Waals surface area (Å²) in [6.07, 6.45) is 0.250. The number of hydrogen-bond acceptors (Lipinski definition) is 4. The maximum Gasteiger partial charge on any atom is 0.306 e. The molecule has 3 unspecified atom stereocenters. The number of carboxylic acid groups (broad SMARTS) is 2. The van der Waals surface area contributed by atoms with E-state index in [0.717, 1.165) is 0 Å². The van der Waals surface area contributed by atoms with Crippen LogP contribution in [0.4, 0.5) is 0 Å². The lowest BCUT2D eigenvalue weighted by atomic mass is 9.96. The molecule has 16 heavy (non-hydrogen) atoms. The number of amides is 1. The molecule has 0 aromatic heterocycles. The minimum absolute atomic E-state index is 0.0379. The first-order valence-electron chi connectivity index (χ1n) is 4.86. The second-order valence-corrected chi connectivity index (χ2v) is 3.86. The van der Waals surface area contributed by atoms with Gasteiger partial charge in [-0.05, 0) is 18.8 Å². The topological polar surface area (TPSA) is 124 Å². The van der Waals surface area contributed by atoms with Gasteiger partial charge >= 0.3 is 11.9 Å². The van der Waals surface area contributed by atoms with E-state index in [0.29, 0.717) is 6.42 Å². The first kappa shape index (κ1) is 12.4. The predicted molar refractivity (Wildman–Crippen MR) is 49.5 cm³/mol. The highest BCUT2D eigenvalue weighted by atomic mass is 16.5. The molecule has 1 fully saturated rings. The SMILES string of the molecule is O=C(CCC(C(=O)O)C1CC1C(=O)O)NO. The van der Waals surface area contributed by atoms with Gasteiger partial charge < -0.3 is 10.2 Å². The van der Waals surface area contributed by atoms with E-state index in [4.69, 9.17) is 15.4 Å². The summed E-state index contributed by atoms with van der Waals surface area (Å²) in [4.78, 5) is 32.2. The van der Waals surface area contributed by atoms with Crippen molar-refractivity contribution in [1.29, 1.82) is 0 Å². The van der Waals surface area contributed by atoms with Crippen LogP contribution in [0.1, 0.15) is 19.3 Å². The molecule has 0 bridgehead atoms. The molecule has 7 nitrogen and oxygen atoms in total. The van der Waals surface area contributed by atoms with Gasteiger partial charge in [0.1, 0.15) is 0 Å². The van der Waals surface area contributed by atoms with Crippen LogP contribution in [0.15, 0.2) is 0 Å². The fourth-order valence-corrected chi connectivity index (χ4v) is 1.81. The van der Waals surface area contributed by atoms with Crippen LogP contribution >= 0.6 is 0 Å². The van der Waals surface area contributed by atoms with Gasteiger partial charge in [-0.2, -0.15) is 0 Å². The van der Waals surface area contributed by atoms with Crippen LogP contribution in [0.2, 0.25) is 0 Å². The maximum atomic E-state index is 10.9. The smallest absolute Gasteiger partial charge is 0.306 e. The minimum atomic E-state index is -1.10. The Morgan fingerprint density at radius 1 is 1.31 bits per heavy atom. The van der Waals surface area contributed by atoms with Crippen molar-refractivity contribution in [2.45, 2.75) is 19.3 Å². The Balaban J connectivity index is 2.47. The lowest BCUT2D eigenvalue weighted by molar-refractivity contribution is -0.143. The molecule has 1 rings (SSSR count). The van der Waals surface area contributed by atoms with Gasteiger partial charge in [0.15, 0.2) is 0 Å². The number of hydroxylamine groups is 1. The molecule has 7 heteroatoms. The van der Waals surface area contributed by atoms with E-state index in [1.54, 1.807) is 0 Å². The largest absolute Gasteiger partial charge is 0.481 e. The van der Waals surface area contributed by atoms with Gasteiger partial charge in [0, 0.05) is 6.42 Å². The summed E-state index contributed by atoms with van der Waals surface area (Å²) in [6, 6.07) is 0. The van der Waals surface area contributed by atoms with Gasteiger partial charge in [-0.3, -0.25) is 19.6 Å². The molecule has 0 saturated heterocycles. The number of rotatable bonds is 6. The van der Waals surface area contributed by atoms with E-state index in [-0.39, 0.29) is 12.8 Å². The first-order chi connectivity index (χ1) is 7.47. The Hall–Kier alpha value is -1.63. The molecular weight excluding hydrogens is 218 g/mol. The fraction of sp³-hybridized carbons (Fsp3) is 0.667. The van der Waals surface area contributed by atoms with Crippen molar-refractivity contribution in [2.24, 2.45) is 17.8 Å². The summed E-state index contributed by atoms with van der Waals surface area (Å²) >= 11 is 0. The van der Waals surface area contributed by atoms with Crippen molar-refractivity contribution in [2.75, 3.05) is 0 Å². The Labute approximate surface area is 91.0 Å². The highest BCUT2D eigenvalue weighted by molar-refractivity contribution is 5.79. The molecule has 4 N–H and O–H groups in total. The molecule has 1 saturated carbocycles. The number of carbonyl (C=O) groups excluding carboxylic acids is 1. The van der Waals surface area contributed by atoms with E-state index in [1.807, 2.05) is 0 Å². The number of aliphatic carboxylic acids is 2. The number of carboxylic acids is 2. The Morgan fingerprint density at radius 3 is 2.31 bits per heavy atom. The second-order valence-electron chi connectivity index (χ2n) is 3.86. The number of hydrogen-bond donors (Lipinski definition) is 4. The van der Waals surface area contributed by atoms with Crippen LogP contribution < -0.4 is 5.48 Å². The van der Waals surface area contributed by atoms with E-state index < -0.39 is 35.6 Å². The normalized spacial score (nSPS) is 24.6. The van der Waals surface area contributed by atoms with Crippen molar-refractivity contribution >= 4 is 17.8 Å². The number of nitrogens with one attached hydrogen (secondary N) is 1. The van der Waals surface area contributed by atoms with Crippen molar-refractivity contribution in [1.82, 2.24) is 5.48 Å². The molecule has 0 aromatic carbocycles. The van der Waals surface area contributed by atoms with E-state index >= 15 is 0 Å². The average Bonchev–Trinajstić information content (AvgIpc) is 2.97. The molecule has 1 aliphatic rings. The maximum absolute atomic E-state index is 10.9. The Kier molecular flexibility index (Phi) is 3.83. The molecular formula is C9H13NO6. The molecule has 0 radical (unpaired) electrons. The van der Waals surface area contributed by atoms with Crippen LogP contribution in [0.3, 0.4) is 0 Å². The summed E-state index contributed by atoms with van der Waals surface area (Å²) in [5, 5.41) is 25.8. The minimum Gasteiger partial charge on any atom is -0.481 e. The quantitative estimate of drug-likeness (QED) is 0.367. The zero-order valence-electron chi connectivity index (χ0n) is 8.42. The third-order valence-corrected chi connectivity index (χ3v) is 2.80. The van der Waals surface area contributed by atoms with Gasteiger partial charge in [-0.15, -0.1) is 0 Å². The van der Waals surface area contributed by atoms with Gasteiger partial charge in [0.25, 0.3) is 0 Å². The molecule has 90 valence electrons. The summed E-state index contributed by atoms with van der Waals surface area (Å²) in [5.74, 6) is -4.61. The Morgan fingerprint density at radius 2 is 1.94 bits per heavy atom. The molecule has 0 aromatic rings. The highest BCUT2D eigenvalue weighted by Crippen LogP contribution is 2.46. The molecule has 1 aliphatic carbocycles. The van der Waals surface area contributed by atoms with E-state index in [2.05, 4.69) is 0 Å². The van der Waals surface area contributed by atoms with E-state index in [9.17, 15) is 14.4 Å². The Bertz CT molecular complexity index is 315. The van der Waals surface area contributed by atoms with Crippen molar-refractivity contribution < 1.29 is 29.8 Å². The van der Waals surface area contributed by atoms with Gasteiger partial charge in [0.2, 0.25) is 5.91 Å². The first-order valence-corrected chi connectivity index (χ1v) is 4.86. The molecule has 0 spiro atoms. The molecule has 0 aliphatic heterocycles. The molecule has 0 heterocycles. The fourth-order valence-electron chi connectivity index (χ4n) is 1.81. The molecule has 3 atom stereocenters. The van der Waals surface area contributed by atoms with Gasteiger partial charge in [-0.1, -0.05) is 0 Å². The standard InChI is InChI=1S/C9H13NO6/c11-7(10-16)2-1-4(8(12)13)5-3-6(5)9(14)15/h4-6,16H,1-3H2,(H,10,11)(H,12,13)(H,14,15). The van der Waals surface area contributed by atoms with Crippen molar-refractivity contribution in [3.63, 3.8) is 0 Å². The average molecular weight is 231 g/mol. The summed E-state index contributed by atoms with van der Waals surface area (Å²) in [5.41, 5.74) is 1.40. The lowest BCUT2D eigenvalue weighted by Crippen LogP contribution is -2.23. The zero-order valence-corrected chi connectivity index (χ0v) is 8.42. The van der Waals surface area contributed by atoms with Gasteiger partial charge in [-0.25, -0.2) is 5.48 Å². The van der Waals surface area contributed by atoms with Crippen LogP contribution in [-0.2, 0) is 14.4 Å². The summed E-state index contributed by atoms with van der Waals surface area (Å²) in [7, 11) is 0. The summed E-state index contributed by atoms with van der Waals surface area (Å²) in [6.45, 7) is 0. The van der Waals surface area contributed by atoms with E-state index in [1.165, 1.54) is 5.48 Å².